The van der Waals surface area contributed by atoms with E-state index in [2.05, 4.69) is 0 Å². The molecular formula is C16H12O4. The van der Waals surface area contributed by atoms with Crippen molar-refractivity contribution < 1.29 is 14.3 Å². The standard InChI is InChI=1S/C16H12O4/c1-19-14-5-3-2-4-11(14)13-9-16(18)20-15-8-10(17)6-7-12(13)15/h2-9,17H,1H3. The summed E-state index contributed by atoms with van der Waals surface area (Å²) < 4.78 is 10.5. The first-order valence-corrected chi connectivity index (χ1v) is 6.09. The van der Waals surface area contributed by atoms with Crippen molar-refractivity contribution in [3.8, 4) is 22.6 Å². The van der Waals surface area contributed by atoms with E-state index in [0.29, 0.717) is 16.9 Å². The van der Waals surface area contributed by atoms with Crippen molar-refractivity contribution in [2.75, 3.05) is 7.11 Å². The van der Waals surface area contributed by atoms with Gasteiger partial charge in [0.1, 0.15) is 17.1 Å². The summed E-state index contributed by atoms with van der Waals surface area (Å²) in [6, 6.07) is 13.6. The Bertz CT molecular complexity index is 833. The van der Waals surface area contributed by atoms with Gasteiger partial charge in [0.05, 0.1) is 7.11 Å². The molecule has 0 aliphatic carbocycles. The number of ether oxygens (including phenoxy) is 1. The van der Waals surface area contributed by atoms with Crippen LogP contribution >= 0.6 is 0 Å². The molecule has 0 amide bonds. The predicted octanol–water partition coefficient (Wildman–Crippen LogP) is 3.17. The molecule has 0 saturated carbocycles. The fourth-order valence-corrected chi connectivity index (χ4v) is 2.24. The summed E-state index contributed by atoms with van der Waals surface area (Å²) in [5.41, 5.74) is 1.40. The summed E-state index contributed by atoms with van der Waals surface area (Å²) in [7, 11) is 1.58. The maximum Gasteiger partial charge on any atom is 0.336 e. The van der Waals surface area contributed by atoms with Crippen LogP contribution in [0.3, 0.4) is 0 Å². The van der Waals surface area contributed by atoms with Crippen LogP contribution in [-0.4, -0.2) is 12.2 Å². The Morgan fingerprint density at radius 2 is 1.85 bits per heavy atom. The van der Waals surface area contributed by atoms with Gasteiger partial charge in [-0.15, -0.1) is 0 Å². The normalized spacial score (nSPS) is 10.7. The second-order valence-corrected chi connectivity index (χ2v) is 4.36. The van der Waals surface area contributed by atoms with Crippen LogP contribution in [0.5, 0.6) is 11.5 Å². The molecule has 0 unspecified atom stereocenters. The van der Waals surface area contributed by atoms with Crippen molar-refractivity contribution in [2.24, 2.45) is 0 Å². The van der Waals surface area contributed by atoms with Gasteiger partial charge in [0.2, 0.25) is 0 Å². The maximum atomic E-state index is 11.7. The van der Waals surface area contributed by atoms with E-state index in [-0.39, 0.29) is 5.75 Å². The summed E-state index contributed by atoms with van der Waals surface area (Å²) in [6.45, 7) is 0. The fourth-order valence-electron chi connectivity index (χ4n) is 2.24. The lowest BCUT2D eigenvalue weighted by molar-refractivity contribution is 0.416. The first kappa shape index (κ1) is 12.3. The molecule has 3 rings (SSSR count). The Labute approximate surface area is 114 Å². The van der Waals surface area contributed by atoms with Crippen LogP contribution in [0.2, 0.25) is 0 Å². The van der Waals surface area contributed by atoms with Gasteiger partial charge in [-0.1, -0.05) is 18.2 Å². The topological polar surface area (TPSA) is 59.7 Å². The van der Waals surface area contributed by atoms with Gasteiger partial charge in [-0.3, -0.25) is 0 Å². The lowest BCUT2D eigenvalue weighted by Crippen LogP contribution is -1.99. The fraction of sp³-hybridized carbons (Fsp3) is 0.0625. The quantitative estimate of drug-likeness (QED) is 0.725. The van der Waals surface area contributed by atoms with Gasteiger partial charge in [-0.2, -0.15) is 0 Å². The average molecular weight is 268 g/mol. The van der Waals surface area contributed by atoms with E-state index in [0.717, 1.165) is 10.9 Å². The summed E-state index contributed by atoms with van der Waals surface area (Å²) in [5.74, 6) is 0.727. The van der Waals surface area contributed by atoms with E-state index < -0.39 is 5.63 Å². The maximum absolute atomic E-state index is 11.7. The first-order chi connectivity index (χ1) is 9.69. The number of methoxy groups -OCH3 is 1. The average Bonchev–Trinajstić information content (AvgIpc) is 2.45. The molecule has 1 heterocycles. The summed E-state index contributed by atoms with van der Waals surface area (Å²) in [5, 5.41) is 10.2. The highest BCUT2D eigenvalue weighted by molar-refractivity contribution is 5.95. The molecule has 20 heavy (non-hydrogen) atoms. The predicted molar refractivity (Wildman–Crippen MR) is 76.1 cm³/mol. The van der Waals surface area contributed by atoms with Gasteiger partial charge in [0.15, 0.2) is 0 Å². The van der Waals surface area contributed by atoms with E-state index in [1.165, 1.54) is 12.1 Å². The molecule has 0 spiro atoms. The molecule has 3 aromatic rings. The van der Waals surface area contributed by atoms with Crippen LogP contribution in [0.25, 0.3) is 22.1 Å². The highest BCUT2D eigenvalue weighted by Crippen LogP contribution is 2.34. The summed E-state index contributed by atoms with van der Waals surface area (Å²) >= 11 is 0. The molecule has 0 radical (unpaired) electrons. The van der Waals surface area contributed by atoms with Crippen molar-refractivity contribution >= 4 is 11.0 Å². The molecule has 0 fully saturated rings. The van der Waals surface area contributed by atoms with E-state index in [1.54, 1.807) is 19.2 Å². The summed E-state index contributed by atoms with van der Waals surface area (Å²) in [6.07, 6.45) is 0. The summed E-state index contributed by atoms with van der Waals surface area (Å²) in [4.78, 5) is 11.7. The van der Waals surface area contributed by atoms with Gasteiger partial charge in [0, 0.05) is 28.6 Å². The smallest absolute Gasteiger partial charge is 0.336 e. The zero-order valence-corrected chi connectivity index (χ0v) is 10.8. The largest absolute Gasteiger partial charge is 0.508 e. The second-order valence-electron chi connectivity index (χ2n) is 4.36. The van der Waals surface area contributed by atoms with Crippen LogP contribution in [0, 0.1) is 0 Å². The number of hydrogen-bond donors (Lipinski definition) is 1. The minimum absolute atomic E-state index is 0.0535. The first-order valence-electron chi connectivity index (χ1n) is 6.09. The molecule has 0 aliphatic heterocycles. The molecule has 2 aromatic carbocycles. The number of para-hydroxylation sites is 1. The van der Waals surface area contributed by atoms with Crippen molar-refractivity contribution in [1.82, 2.24) is 0 Å². The van der Waals surface area contributed by atoms with Crippen LogP contribution in [-0.2, 0) is 0 Å². The molecule has 4 nitrogen and oxygen atoms in total. The SMILES string of the molecule is COc1ccccc1-c1cc(=O)oc2cc(O)ccc12. The Kier molecular flexibility index (Phi) is 2.91. The Hall–Kier alpha value is -2.75. The number of hydrogen-bond acceptors (Lipinski definition) is 4. The van der Waals surface area contributed by atoms with Crippen LogP contribution < -0.4 is 10.4 Å². The lowest BCUT2D eigenvalue weighted by Gasteiger charge is -2.10. The monoisotopic (exact) mass is 268 g/mol. The van der Waals surface area contributed by atoms with Gasteiger partial charge < -0.3 is 14.3 Å². The van der Waals surface area contributed by atoms with Crippen LogP contribution in [0.4, 0.5) is 0 Å². The lowest BCUT2D eigenvalue weighted by atomic mass is 10.0. The van der Waals surface area contributed by atoms with Gasteiger partial charge in [-0.05, 0) is 18.2 Å². The number of rotatable bonds is 2. The number of phenols is 1. The molecular weight excluding hydrogens is 256 g/mol. The Morgan fingerprint density at radius 1 is 1.05 bits per heavy atom. The minimum Gasteiger partial charge on any atom is -0.508 e. The molecule has 0 saturated heterocycles. The molecule has 100 valence electrons. The second kappa shape index (κ2) is 4.74. The highest BCUT2D eigenvalue weighted by Gasteiger charge is 2.12. The Morgan fingerprint density at radius 3 is 2.65 bits per heavy atom. The third-order valence-corrected chi connectivity index (χ3v) is 3.13. The Balaban J connectivity index is 2.38. The van der Waals surface area contributed by atoms with Gasteiger partial charge in [0.25, 0.3) is 0 Å². The third kappa shape index (κ3) is 2.01. The van der Waals surface area contributed by atoms with E-state index in [4.69, 9.17) is 9.15 Å². The minimum atomic E-state index is -0.469. The van der Waals surface area contributed by atoms with Crippen molar-refractivity contribution in [3.63, 3.8) is 0 Å². The number of aromatic hydroxyl groups is 1. The molecule has 1 N–H and O–H groups in total. The van der Waals surface area contributed by atoms with Crippen molar-refractivity contribution in [2.45, 2.75) is 0 Å². The van der Waals surface area contributed by atoms with E-state index in [9.17, 15) is 9.90 Å². The van der Waals surface area contributed by atoms with Crippen LogP contribution in [0.1, 0.15) is 0 Å². The zero-order valence-electron chi connectivity index (χ0n) is 10.8. The highest BCUT2D eigenvalue weighted by atomic mass is 16.5. The van der Waals surface area contributed by atoms with Gasteiger partial charge >= 0.3 is 5.63 Å². The number of benzene rings is 2. The molecule has 1 aromatic heterocycles. The number of phenolic OH excluding ortho intramolecular Hbond substituents is 1. The van der Waals surface area contributed by atoms with Crippen molar-refractivity contribution in [1.29, 1.82) is 0 Å². The number of fused-ring (bicyclic) bond motifs is 1. The third-order valence-electron chi connectivity index (χ3n) is 3.13. The zero-order chi connectivity index (χ0) is 14.1. The molecule has 0 atom stereocenters. The van der Waals surface area contributed by atoms with E-state index >= 15 is 0 Å². The molecule has 4 heteroatoms. The van der Waals surface area contributed by atoms with Crippen LogP contribution in [0.15, 0.2) is 57.7 Å². The molecule has 0 aliphatic rings. The van der Waals surface area contributed by atoms with Gasteiger partial charge in [-0.25, -0.2) is 4.79 Å². The van der Waals surface area contributed by atoms with Crippen molar-refractivity contribution in [3.05, 3.63) is 59.0 Å². The van der Waals surface area contributed by atoms with E-state index in [1.807, 2.05) is 24.3 Å². The molecule has 0 bridgehead atoms.